The van der Waals surface area contributed by atoms with Crippen molar-refractivity contribution in [3.63, 3.8) is 0 Å². The quantitative estimate of drug-likeness (QED) is 0.781. The largest absolute Gasteiger partial charge is 0.317 e. The highest BCUT2D eigenvalue weighted by atomic mass is 14.9. The maximum Gasteiger partial charge on any atom is 0.0648 e. The first kappa shape index (κ1) is 9.59. The first-order chi connectivity index (χ1) is 6.77. The molecule has 76 valence electrons. The molecule has 2 atom stereocenters. The van der Waals surface area contributed by atoms with Crippen molar-refractivity contribution in [3.8, 4) is 0 Å². The molecule has 1 heterocycles. The number of hydrogen-bond donors (Lipinski definition) is 1. The number of nitrogens with one attached hydrogen (secondary N) is 1. The molecular weight excluding hydrogens is 174 g/mol. The Morgan fingerprint density at radius 2 is 2.43 bits per heavy atom. The second kappa shape index (κ2) is 3.65. The fourth-order valence-corrected chi connectivity index (χ4v) is 1.98. The van der Waals surface area contributed by atoms with Crippen molar-refractivity contribution in [3.05, 3.63) is 24.3 Å². The van der Waals surface area contributed by atoms with Gasteiger partial charge in [-0.25, -0.2) is 0 Å². The predicted molar refractivity (Wildman–Crippen MR) is 56.0 cm³/mol. The average molecular weight is 191 g/mol. The maximum atomic E-state index is 4.38. The first-order valence-electron chi connectivity index (χ1n) is 5.24. The molecule has 1 aromatic heterocycles. The van der Waals surface area contributed by atoms with Crippen LogP contribution in [-0.2, 0) is 5.41 Å². The van der Waals surface area contributed by atoms with Crippen molar-refractivity contribution in [2.75, 3.05) is 13.1 Å². The van der Waals surface area contributed by atoms with Gasteiger partial charge in [0.25, 0.3) is 0 Å². The molecule has 0 aliphatic heterocycles. The van der Waals surface area contributed by atoms with Gasteiger partial charge in [-0.05, 0) is 25.4 Å². The van der Waals surface area contributed by atoms with Crippen LogP contribution in [0.25, 0.3) is 0 Å². The highest BCUT2D eigenvalue weighted by Crippen LogP contribution is 2.52. The van der Waals surface area contributed by atoms with Crippen LogP contribution in [0.2, 0.25) is 0 Å². The van der Waals surface area contributed by atoms with Crippen molar-refractivity contribution in [1.82, 2.24) is 15.3 Å². The summed E-state index contributed by atoms with van der Waals surface area (Å²) in [5.74, 6) is 0.735. The molecule has 14 heavy (non-hydrogen) atoms. The van der Waals surface area contributed by atoms with Gasteiger partial charge in [-0.3, -0.25) is 9.97 Å². The summed E-state index contributed by atoms with van der Waals surface area (Å²) >= 11 is 0. The van der Waals surface area contributed by atoms with E-state index in [4.69, 9.17) is 0 Å². The minimum atomic E-state index is 0.274. The molecule has 0 bridgehead atoms. The molecule has 1 fully saturated rings. The Balaban J connectivity index is 2.00. The Morgan fingerprint density at radius 1 is 1.57 bits per heavy atom. The molecule has 1 aromatic rings. The lowest BCUT2D eigenvalue weighted by Gasteiger charge is -2.09. The zero-order chi connectivity index (χ0) is 10.0. The van der Waals surface area contributed by atoms with Crippen LogP contribution >= 0.6 is 0 Å². The number of nitrogens with zero attached hydrogens (tertiary/aromatic N) is 2. The summed E-state index contributed by atoms with van der Waals surface area (Å²) in [7, 11) is 0. The van der Waals surface area contributed by atoms with Gasteiger partial charge in [-0.2, -0.15) is 0 Å². The van der Waals surface area contributed by atoms with Crippen LogP contribution in [0, 0.1) is 5.92 Å². The van der Waals surface area contributed by atoms with Crippen LogP contribution in [-0.4, -0.2) is 23.1 Å². The Hall–Kier alpha value is -0.960. The van der Waals surface area contributed by atoms with Gasteiger partial charge in [0.05, 0.1) is 5.69 Å². The summed E-state index contributed by atoms with van der Waals surface area (Å²) in [5, 5.41) is 3.39. The monoisotopic (exact) mass is 191 g/mol. The van der Waals surface area contributed by atoms with Gasteiger partial charge in [-0.15, -0.1) is 0 Å². The zero-order valence-corrected chi connectivity index (χ0v) is 8.83. The van der Waals surface area contributed by atoms with Gasteiger partial charge < -0.3 is 5.32 Å². The fourth-order valence-electron chi connectivity index (χ4n) is 1.98. The SMILES string of the molecule is CCNCC1CC1(C)c1cnccn1. The van der Waals surface area contributed by atoms with Gasteiger partial charge in [0, 0.05) is 24.0 Å². The second-order valence-corrected chi connectivity index (χ2v) is 4.22. The van der Waals surface area contributed by atoms with Gasteiger partial charge in [-0.1, -0.05) is 13.8 Å². The molecule has 2 rings (SSSR count). The number of rotatable bonds is 4. The lowest BCUT2D eigenvalue weighted by atomic mass is 10.0. The molecular formula is C11H17N3. The van der Waals surface area contributed by atoms with E-state index < -0.39 is 0 Å². The van der Waals surface area contributed by atoms with Crippen LogP contribution < -0.4 is 5.32 Å². The Kier molecular flexibility index (Phi) is 2.50. The van der Waals surface area contributed by atoms with Crippen molar-refractivity contribution in [1.29, 1.82) is 0 Å². The molecule has 0 spiro atoms. The molecule has 2 unspecified atom stereocenters. The lowest BCUT2D eigenvalue weighted by Crippen LogP contribution is -2.20. The van der Waals surface area contributed by atoms with Crippen LogP contribution in [0.5, 0.6) is 0 Å². The maximum absolute atomic E-state index is 4.38. The smallest absolute Gasteiger partial charge is 0.0648 e. The van der Waals surface area contributed by atoms with E-state index >= 15 is 0 Å². The fraction of sp³-hybridized carbons (Fsp3) is 0.636. The van der Waals surface area contributed by atoms with Crippen LogP contribution in [0.3, 0.4) is 0 Å². The van der Waals surface area contributed by atoms with E-state index in [2.05, 4.69) is 29.1 Å². The lowest BCUT2D eigenvalue weighted by molar-refractivity contribution is 0.580. The van der Waals surface area contributed by atoms with E-state index in [1.54, 1.807) is 12.4 Å². The molecule has 1 saturated carbocycles. The minimum Gasteiger partial charge on any atom is -0.317 e. The molecule has 0 saturated heterocycles. The summed E-state index contributed by atoms with van der Waals surface area (Å²) in [4.78, 5) is 8.50. The molecule has 3 nitrogen and oxygen atoms in total. The number of hydrogen-bond acceptors (Lipinski definition) is 3. The van der Waals surface area contributed by atoms with Gasteiger partial charge in [0.1, 0.15) is 0 Å². The number of aromatic nitrogens is 2. The van der Waals surface area contributed by atoms with Gasteiger partial charge in [0.2, 0.25) is 0 Å². The van der Waals surface area contributed by atoms with Crippen LogP contribution in [0.1, 0.15) is 26.0 Å². The highest BCUT2D eigenvalue weighted by Gasteiger charge is 2.51. The molecule has 0 radical (unpaired) electrons. The van der Waals surface area contributed by atoms with E-state index in [9.17, 15) is 0 Å². The third kappa shape index (κ3) is 1.64. The summed E-state index contributed by atoms with van der Waals surface area (Å²) in [5.41, 5.74) is 1.42. The molecule has 3 heteroatoms. The topological polar surface area (TPSA) is 37.8 Å². The molecule has 1 aliphatic carbocycles. The van der Waals surface area contributed by atoms with E-state index in [-0.39, 0.29) is 5.41 Å². The molecule has 1 N–H and O–H groups in total. The summed E-state index contributed by atoms with van der Waals surface area (Å²) < 4.78 is 0. The Labute approximate surface area is 85.0 Å². The van der Waals surface area contributed by atoms with Crippen molar-refractivity contribution < 1.29 is 0 Å². The van der Waals surface area contributed by atoms with Crippen LogP contribution in [0.15, 0.2) is 18.6 Å². The Morgan fingerprint density at radius 3 is 3.07 bits per heavy atom. The zero-order valence-electron chi connectivity index (χ0n) is 8.83. The van der Waals surface area contributed by atoms with Crippen molar-refractivity contribution in [2.24, 2.45) is 5.92 Å². The predicted octanol–water partition coefficient (Wildman–Crippen LogP) is 1.36. The second-order valence-electron chi connectivity index (χ2n) is 4.22. The van der Waals surface area contributed by atoms with Crippen molar-refractivity contribution in [2.45, 2.75) is 25.7 Å². The summed E-state index contributed by atoms with van der Waals surface area (Å²) in [6, 6.07) is 0. The minimum absolute atomic E-state index is 0.274. The molecule has 0 amide bonds. The third-order valence-electron chi connectivity index (χ3n) is 3.20. The first-order valence-corrected chi connectivity index (χ1v) is 5.24. The van der Waals surface area contributed by atoms with E-state index in [1.165, 1.54) is 6.42 Å². The third-order valence-corrected chi connectivity index (χ3v) is 3.20. The summed E-state index contributed by atoms with van der Waals surface area (Å²) in [6.07, 6.45) is 6.64. The summed E-state index contributed by atoms with van der Waals surface area (Å²) in [6.45, 7) is 6.57. The van der Waals surface area contributed by atoms with E-state index in [0.29, 0.717) is 0 Å². The molecule has 0 aromatic carbocycles. The van der Waals surface area contributed by atoms with Crippen LogP contribution in [0.4, 0.5) is 0 Å². The van der Waals surface area contributed by atoms with Gasteiger partial charge in [0.15, 0.2) is 0 Å². The van der Waals surface area contributed by atoms with E-state index in [1.807, 2.05) is 6.20 Å². The van der Waals surface area contributed by atoms with Gasteiger partial charge >= 0.3 is 0 Å². The molecule has 1 aliphatic rings. The van der Waals surface area contributed by atoms with E-state index in [0.717, 1.165) is 24.7 Å². The average Bonchev–Trinajstić information content (AvgIpc) is 2.90. The van der Waals surface area contributed by atoms with Crippen molar-refractivity contribution >= 4 is 0 Å². The standard InChI is InChI=1S/C11H17N3/c1-3-12-7-9-6-11(9,2)10-8-13-4-5-14-10/h4-5,8-9,12H,3,6-7H2,1-2H3. The normalized spacial score (nSPS) is 30.3. The Bertz CT molecular complexity index is 299. The highest BCUT2D eigenvalue weighted by molar-refractivity contribution is 5.24.